The molecule has 0 aliphatic carbocycles. The van der Waals surface area contributed by atoms with Crippen molar-refractivity contribution in [1.29, 1.82) is 0 Å². The molecule has 5 heterocycles. The van der Waals surface area contributed by atoms with Crippen molar-refractivity contribution in [1.82, 2.24) is 14.9 Å². The van der Waals surface area contributed by atoms with Gasteiger partial charge in [0.1, 0.15) is 29.2 Å². The lowest BCUT2D eigenvalue weighted by Crippen LogP contribution is -2.51. The Bertz CT molecular complexity index is 1150. The molecular formula is C30H44N6O2. The van der Waals surface area contributed by atoms with Crippen LogP contribution in [0.3, 0.4) is 0 Å². The van der Waals surface area contributed by atoms with E-state index in [2.05, 4.69) is 53.4 Å². The summed E-state index contributed by atoms with van der Waals surface area (Å²) >= 11 is 0. The highest BCUT2D eigenvalue weighted by Gasteiger charge is 2.41. The van der Waals surface area contributed by atoms with Gasteiger partial charge in [-0.3, -0.25) is 4.90 Å². The van der Waals surface area contributed by atoms with Gasteiger partial charge in [-0.05, 0) is 70.1 Å². The molecule has 38 heavy (non-hydrogen) atoms. The second-order valence-electron chi connectivity index (χ2n) is 11.9. The predicted octanol–water partition coefficient (Wildman–Crippen LogP) is 4.59. The summed E-state index contributed by atoms with van der Waals surface area (Å²) in [6, 6.07) is 2.45. The standard InChI is InChI=1S/C30H44N6O2/c1-19-20(2)29-26(22(4)28(19)37)27(21(3)23(5)38-29)35-16-14-34(15-17-35)25-18-24(33-10-6-7-11-33)31-30(32-25)36-12-8-9-13-36/h18,21,23,27,37H,6-17H2,1-5H3. The third kappa shape index (κ3) is 4.34. The van der Waals surface area contributed by atoms with E-state index in [9.17, 15) is 5.11 Å². The Morgan fingerprint density at radius 3 is 1.89 bits per heavy atom. The van der Waals surface area contributed by atoms with Crippen LogP contribution in [0.15, 0.2) is 6.07 Å². The van der Waals surface area contributed by atoms with Crippen LogP contribution in [-0.4, -0.2) is 78.4 Å². The highest BCUT2D eigenvalue weighted by Crippen LogP contribution is 2.49. The van der Waals surface area contributed by atoms with Crippen LogP contribution in [0.4, 0.5) is 17.6 Å². The van der Waals surface area contributed by atoms with E-state index in [1.165, 1.54) is 31.2 Å². The lowest BCUT2D eigenvalue weighted by Gasteiger charge is -2.47. The molecule has 8 nitrogen and oxygen atoms in total. The van der Waals surface area contributed by atoms with Gasteiger partial charge in [0.05, 0.1) is 0 Å². The molecule has 0 radical (unpaired) electrons. The van der Waals surface area contributed by atoms with E-state index in [1.54, 1.807) is 0 Å². The number of nitrogens with zero attached hydrogens (tertiary/aromatic N) is 6. The van der Waals surface area contributed by atoms with Gasteiger partial charge in [0.15, 0.2) is 0 Å². The Morgan fingerprint density at radius 2 is 1.29 bits per heavy atom. The van der Waals surface area contributed by atoms with Crippen LogP contribution in [0.25, 0.3) is 0 Å². The average molecular weight is 521 g/mol. The molecule has 0 saturated carbocycles. The molecule has 8 heteroatoms. The SMILES string of the molecule is Cc1c(C)c2c(c(C)c1O)C(N1CCN(c3cc(N4CCCC4)nc(N4CCCC4)n3)CC1)C(C)C(C)O2. The van der Waals surface area contributed by atoms with E-state index in [-0.39, 0.29) is 12.1 Å². The minimum absolute atomic E-state index is 0.125. The van der Waals surface area contributed by atoms with Crippen LogP contribution < -0.4 is 19.4 Å². The summed E-state index contributed by atoms with van der Waals surface area (Å²) in [5.41, 5.74) is 4.14. The fourth-order valence-electron chi connectivity index (χ4n) is 6.93. The number of phenols is 1. The first kappa shape index (κ1) is 25.5. The Hall–Kier alpha value is -2.74. The van der Waals surface area contributed by atoms with Crippen LogP contribution >= 0.6 is 0 Å². The number of aromatic hydroxyl groups is 1. The van der Waals surface area contributed by atoms with Crippen molar-refractivity contribution < 1.29 is 9.84 Å². The van der Waals surface area contributed by atoms with Crippen LogP contribution in [0, 0.1) is 26.7 Å². The van der Waals surface area contributed by atoms with Gasteiger partial charge < -0.3 is 24.5 Å². The second kappa shape index (κ2) is 10.1. The minimum atomic E-state index is 0.125. The van der Waals surface area contributed by atoms with E-state index in [4.69, 9.17) is 14.7 Å². The van der Waals surface area contributed by atoms with E-state index in [0.29, 0.717) is 11.7 Å². The van der Waals surface area contributed by atoms with Gasteiger partial charge in [0.25, 0.3) is 0 Å². The summed E-state index contributed by atoms with van der Waals surface area (Å²) in [5.74, 6) is 4.79. The lowest BCUT2D eigenvalue weighted by atomic mass is 9.81. The number of ether oxygens (including phenoxy) is 1. The van der Waals surface area contributed by atoms with Crippen molar-refractivity contribution in [3.8, 4) is 11.5 Å². The summed E-state index contributed by atoms with van der Waals surface area (Å²) in [5, 5.41) is 10.9. The molecule has 3 unspecified atom stereocenters. The number of rotatable bonds is 4. The van der Waals surface area contributed by atoms with Crippen LogP contribution in [0.1, 0.15) is 67.8 Å². The number of fused-ring (bicyclic) bond motifs is 1. The van der Waals surface area contributed by atoms with Gasteiger partial charge in [-0.1, -0.05) is 6.92 Å². The Kier molecular flexibility index (Phi) is 6.79. The summed E-state index contributed by atoms with van der Waals surface area (Å²) in [6.07, 6.45) is 5.06. The molecule has 206 valence electrons. The van der Waals surface area contributed by atoms with Crippen molar-refractivity contribution >= 4 is 17.6 Å². The number of anilines is 3. The zero-order valence-corrected chi connectivity index (χ0v) is 23.8. The molecule has 0 bridgehead atoms. The summed E-state index contributed by atoms with van der Waals surface area (Å²) < 4.78 is 6.45. The lowest BCUT2D eigenvalue weighted by molar-refractivity contribution is 0.0393. The molecule has 0 spiro atoms. The Morgan fingerprint density at radius 1 is 0.737 bits per heavy atom. The zero-order valence-electron chi connectivity index (χ0n) is 23.8. The first-order valence-corrected chi connectivity index (χ1v) is 14.7. The average Bonchev–Trinajstić information content (AvgIpc) is 3.67. The predicted molar refractivity (Wildman–Crippen MR) is 153 cm³/mol. The molecule has 3 fully saturated rings. The molecular weight excluding hydrogens is 476 g/mol. The van der Waals surface area contributed by atoms with Gasteiger partial charge in [-0.15, -0.1) is 0 Å². The topological polar surface area (TPSA) is 68.2 Å². The van der Waals surface area contributed by atoms with Gasteiger partial charge >= 0.3 is 0 Å². The smallest absolute Gasteiger partial charge is 0.229 e. The highest BCUT2D eigenvalue weighted by atomic mass is 16.5. The monoisotopic (exact) mass is 520 g/mol. The van der Waals surface area contributed by atoms with E-state index >= 15 is 0 Å². The molecule has 4 aliphatic rings. The van der Waals surface area contributed by atoms with Crippen molar-refractivity contribution in [2.45, 2.75) is 72.4 Å². The molecule has 3 atom stereocenters. The number of hydrogen-bond acceptors (Lipinski definition) is 8. The maximum atomic E-state index is 10.9. The number of aromatic nitrogens is 2. The highest BCUT2D eigenvalue weighted by molar-refractivity contribution is 5.60. The fraction of sp³-hybridized carbons (Fsp3) is 0.667. The van der Waals surface area contributed by atoms with Gasteiger partial charge in [-0.25, -0.2) is 0 Å². The number of piperazine rings is 1. The summed E-state index contributed by atoms with van der Waals surface area (Å²) in [6.45, 7) is 18.7. The van der Waals surface area contributed by atoms with E-state index in [1.807, 2.05) is 6.92 Å². The molecule has 3 saturated heterocycles. The van der Waals surface area contributed by atoms with Crippen molar-refractivity contribution in [2.24, 2.45) is 5.92 Å². The van der Waals surface area contributed by atoms with Crippen LogP contribution in [-0.2, 0) is 0 Å². The van der Waals surface area contributed by atoms with Crippen LogP contribution in [0.2, 0.25) is 0 Å². The van der Waals surface area contributed by atoms with E-state index < -0.39 is 0 Å². The number of hydrogen-bond donors (Lipinski definition) is 1. The van der Waals surface area contributed by atoms with Crippen molar-refractivity contribution in [3.05, 3.63) is 28.3 Å². The normalized spacial score (nSPS) is 26.1. The molecule has 6 rings (SSSR count). The first-order chi connectivity index (χ1) is 18.3. The number of benzene rings is 1. The molecule has 1 aromatic carbocycles. The largest absolute Gasteiger partial charge is 0.507 e. The third-order valence-corrected chi connectivity index (χ3v) is 9.64. The minimum Gasteiger partial charge on any atom is -0.507 e. The zero-order chi connectivity index (χ0) is 26.6. The van der Waals surface area contributed by atoms with Crippen LogP contribution in [0.5, 0.6) is 11.5 Å². The summed E-state index contributed by atoms with van der Waals surface area (Å²) in [4.78, 5) is 20.0. The quantitative estimate of drug-likeness (QED) is 0.628. The maximum Gasteiger partial charge on any atom is 0.229 e. The van der Waals surface area contributed by atoms with Crippen molar-refractivity contribution in [3.63, 3.8) is 0 Å². The number of phenolic OH excluding ortho intramolecular Hbond substituents is 1. The first-order valence-electron chi connectivity index (χ1n) is 14.7. The van der Waals surface area contributed by atoms with Crippen molar-refractivity contribution in [2.75, 3.05) is 67.1 Å². The Balaban J connectivity index is 1.27. The van der Waals surface area contributed by atoms with E-state index in [0.717, 1.165) is 92.4 Å². The molecule has 1 aromatic heterocycles. The fourth-order valence-corrected chi connectivity index (χ4v) is 6.93. The Labute approximate surface area is 227 Å². The summed E-state index contributed by atoms with van der Waals surface area (Å²) in [7, 11) is 0. The van der Waals surface area contributed by atoms with Gasteiger partial charge in [0.2, 0.25) is 5.95 Å². The second-order valence-corrected chi connectivity index (χ2v) is 11.9. The van der Waals surface area contributed by atoms with Gasteiger partial charge in [0, 0.05) is 75.9 Å². The molecule has 4 aliphatic heterocycles. The molecule has 1 N–H and O–H groups in total. The van der Waals surface area contributed by atoms with Gasteiger partial charge in [-0.2, -0.15) is 9.97 Å². The maximum absolute atomic E-state index is 10.9. The third-order valence-electron chi connectivity index (χ3n) is 9.64. The molecule has 2 aromatic rings. The molecule has 0 amide bonds.